The number of imidazole rings is 1. The Labute approximate surface area is 92.1 Å². The van der Waals surface area contributed by atoms with Crippen LogP contribution in [0.4, 0.5) is 0 Å². The minimum absolute atomic E-state index is 0.553. The molecule has 0 bridgehead atoms. The molecule has 4 heteroatoms. The number of aryl methyl sites for hydroxylation is 1. The number of hydrogen-bond acceptors (Lipinski definition) is 1. The molecule has 0 aliphatic heterocycles. The Balaban J connectivity index is 2.53. The van der Waals surface area contributed by atoms with Crippen molar-refractivity contribution in [3.8, 4) is 5.69 Å². The normalized spacial score (nSPS) is 10.5. The molecule has 2 aromatic rings. The third-order valence-corrected chi connectivity index (χ3v) is 2.75. The maximum Gasteiger partial charge on any atom is 0.110 e. The Hall–Kier alpha value is -0.990. The summed E-state index contributed by atoms with van der Waals surface area (Å²) in [4.78, 5) is 4.13. The van der Waals surface area contributed by atoms with Gasteiger partial charge in [-0.3, -0.25) is 0 Å². The van der Waals surface area contributed by atoms with Gasteiger partial charge in [0, 0.05) is 18.1 Å². The molecule has 0 saturated carbocycles. The zero-order valence-electron chi connectivity index (χ0n) is 7.54. The molecule has 0 aliphatic rings. The number of nitrogens with zero attached hydrogens (tertiary/aromatic N) is 2. The lowest BCUT2D eigenvalue weighted by molar-refractivity contribution is 0.975. The topological polar surface area (TPSA) is 17.8 Å². The fraction of sp³-hybridized carbons (Fsp3) is 0.100. The maximum absolute atomic E-state index is 5.92. The van der Waals surface area contributed by atoms with Crippen molar-refractivity contribution in [2.45, 2.75) is 6.92 Å². The van der Waals surface area contributed by atoms with Gasteiger partial charge in [-0.15, -0.1) is 0 Å². The van der Waals surface area contributed by atoms with Gasteiger partial charge in [-0.25, -0.2) is 4.98 Å². The lowest BCUT2D eigenvalue weighted by Gasteiger charge is -2.05. The first-order chi connectivity index (χ1) is 6.68. The third-order valence-electron chi connectivity index (χ3n) is 2.01. The highest BCUT2D eigenvalue weighted by Crippen LogP contribution is 2.24. The summed E-state index contributed by atoms with van der Waals surface area (Å²) in [5, 5.41) is 1.12. The Morgan fingerprint density at radius 1 is 1.21 bits per heavy atom. The predicted octanol–water partition coefficient (Wildman–Crippen LogP) is 3.49. The highest BCUT2D eigenvalue weighted by molar-refractivity contribution is 6.42. The van der Waals surface area contributed by atoms with E-state index in [0.29, 0.717) is 10.0 Å². The average Bonchev–Trinajstić information content (AvgIpc) is 2.57. The van der Waals surface area contributed by atoms with E-state index in [0.717, 1.165) is 11.5 Å². The summed E-state index contributed by atoms with van der Waals surface area (Å²) in [6, 6.07) is 5.50. The standard InChI is InChI=1S/C10H8Cl2N2/c1-7-13-4-5-14(7)8-2-3-9(11)10(12)6-8/h2-6H,1H3. The quantitative estimate of drug-likeness (QED) is 0.729. The van der Waals surface area contributed by atoms with Crippen molar-refractivity contribution in [3.63, 3.8) is 0 Å². The number of halogens is 2. The van der Waals surface area contributed by atoms with Crippen molar-refractivity contribution in [2.24, 2.45) is 0 Å². The van der Waals surface area contributed by atoms with Crippen LogP contribution >= 0.6 is 23.2 Å². The minimum atomic E-state index is 0.553. The molecule has 1 aromatic carbocycles. The molecular formula is C10H8Cl2N2. The molecule has 1 heterocycles. The van der Waals surface area contributed by atoms with Gasteiger partial charge in [-0.05, 0) is 25.1 Å². The molecule has 0 unspecified atom stereocenters. The summed E-state index contributed by atoms with van der Waals surface area (Å²) in [6.07, 6.45) is 3.63. The number of aromatic nitrogens is 2. The molecule has 2 rings (SSSR count). The van der Waals surface area contributed by atoms with E-state index in [1.54, 1.807) is 12.3 Å². The van der Waals surface area contributed by atoms with Gasteiger partial charge in [0.2, 0.25) is 0 Å². The summed E-state index contributed by atoms with van der Waals surface area (Å²) in [5.74, 6) is 0.920. The second kappa shape index (κ2) is 3.64. The smallest absolute Gasteiger partial charge is 0.110 e. The van der Waals surface area contributed by atoms with Crippen LogP contribution in [-0.4, -0.2) is 9.55 Å². The minimum Gasteiger partial charge on any atom is -0.304 e. The Morgan fingerprint density at radius 2 is 2.00 bits per heavy atom. The molecule has 0 spiro atoms. The van der Waals surface area contributed by atoms with Crippen molar-refractivity contribution >= 4 is 23.2 Å². The summed E-state index contributed by atoms with van der Waals surface area (Å²) in [7, 11) is 0. The second-order valence-electron chi connectivity index (χ2n) is 2.94. The SMILES string of the molecule is Cc1nccn1-c1ccc(Cl)c(Cl)c1. The van der Waals surface area contributed by atoms with Gasteiger partial charge >= 0.3 is 0 Å². The van der Waals surface area contributed by atoms with Crippen LogP contribution in [0.5, 0.6) is 0 Å². The first-order valence-corrected chi connectivity index (χ1v) is 4.89. The third kappa shape index (κ3) is 1.63. The van der Waals surface area contributed by atoms with Crippen molar-refractivity contribution in [3.05, 3.63) is 46.5 Å². The second-order valence-corrected chi connectivity index (χ2v) is 3.76. The molecule has 0 N–H and O–H groups in total. The van der Waals surface area contributed by atoms with Crippen LogP contribution in [0.1, 0.15) is 5.82 Å². The molecule has 1 aromatic heterocycles. The highest BCUT2D eigenvalue weighted by Gasteiger charge is 2.03. The van der Waals surface area contributed by atoms with Crippen molar-refractivity contribution < 1.29 is 0 Å². The Bertz CT molecular complexity index is 463. The summed E-state index contributed by atoms with van der Waals surface area (Å²) < 4.78 is 1.95. The lowest BCUT2D eigenvalue weighted by Crippen LogP contribution is -1.94. The molecule has 0 saturated heterocycles. The molecule has 14 heavy (non-hydrogen) atoms. The molecule has 2 nitrogen and oxygen atoms in total. The van der Waals surface area contributed by atoms with Crippen LogP contribution in [0.3, 0.4) is 0 Å². The van der Waals surface area contributed by atoms with Crippen molar-refractivity contribution in [2.75, 3.05) is 0 Å². The van der Waals surface area contributed by atoms with Gasteiger partial charge in [0.25, 0.3) is 0 Å². The van der Waals surface area contributed by atoms with Crippen LogP contribution in [-0.2, 0) is 0 Å². The van der Waals surface area contributed by atoms with E-state index in [2.05, 4.69) is 4.98 Å². The Morgan fingerprint density at radius 3 is 2.57 bits per heavy atom. The van der Waals surface area contributed by atoms with Gasteiger partial charge in [-0.1, -0.05) is 23.2 Å². The molecule has 0 radical (unpaired) electrons. The van der Waals surface area contributed by atoms with Crippen LogP contribution in [0.15, 0.2) is 30.6 Å². The largest absolute Gasteiger partial charge is 0.304 e. The van der Waals surface area contributed by atoms with Gasteiger partial charge in [0.1, 0.15) is 5.82 Å². The van der Waals surface area contributed by atoms with Crippen LogP contribution in [0.2, 0.25) is 10.0 Å². The van der Waals surface area contributed by atoms with E-state index in [1.165, 1.54) is 0 Å². The first-order valence-electron chi connectivity index (χ1n) is 4.14. The van der Waals surface area contributed by atoms with E-state index in [1.807, 2.05) is 29.8 Å². The monoisotopic (exact) mass is 226 g/mol. The Kier molecular flexibility index (Phi) is 2.48. The fourth-order valence-corrected chi connectivity index (χ4v) is 1.58. The van der Waals surface area contributed by atoms with E-state index in [-0.39, 0.29) is 0 Å². The van der Waals surface area contributed by atoms with Crippen LogP contribution < -0.4 is 0 Å². The predicted molar refractivity (Wildman–Crippen MR) is 58.3 cm³/mol. The van der Waals surface area contributed by atoms with Gasteiger partial charge in [0.15, 0.2) is 0 Å². The fourth-order valence-electron chi connectivity index (χ4n) is 1.29. The van der Waals surface area contributed by atoms with Crippen LogP contribution in [0, 0.1) is 6.92 Å². The average molecular weight is 227 g/mol. The number of hydrogen-bond donors (Lipinski definition) is 0. The first kappa shape index (κ1) is 9.56. The highest BCUT2D eigenvalue weighted by atomic mass is 35.5. The summed E-state index contributed by atoms with van der Waals surface area (Å²) >= 11 is 11.7. The molecule has 72 valence electrons. The van der Waals surface area contributed by atoms with E-state index in [4.69, 9.17) is 23.2 Å². The van der Waals surface area contributed by atoms with Gasteiger partial charge in [-0.2, -0.15) is 0 Å². The lowest BCUT2D eigenvalue weighted by atomic mass is 10.3. The van der Waals surface area contributed by atoms with E-state index in [9.17, 15) is 0 Å². The zero-order chi connectivity index (χ0) is 10.1. The summed E-state index contributed by atoms with van der Waals surface area (Å²) in [6.45, 7) is 1.93. The van der Waals surface area contributed by atoms with E-state index < -0.39 is 0 Å². The van der Waals surface area contributed by atoms with E-state index >= 15 is 0 Å². The van der Waals surface area contributed by atoms with Gasteiger partial charge < -0.3 is 4.57 Å². The maximum atomic E-state index is 5.92. The molecule has 0 amide bonds. The molecule has 0 aliphatic carbocycles. The van der Waals surface area contributed by atoms with Gasteiger partial charge in [0.05, 0.1) is 10.0 Å². The molecule has 0 fully saturated rings. The van der Waals surface area contributed by atoms with Crippen molar-refractivity contribution in [1.29, 1.82) is 0 Å². The number of rotatable bonds is 1. The molecular weight excluding hydrogens is 219 g/mol. The zero-order valence-corrected chi connectivity index (χ0v) is 9.05. The number of benzene rings is 1. The van der Waals surface area contributed by atoms with Crippen molar-refractivity contribution in [1.82, 2.24) is 9.55 Å². The molecule has 0 atom stereocenters. The van der Waals surface area contributed by atoms with Crippen LogP contribution in [0.25, 0.3) is 5.69 Å². The summed E-state index contributed by atoms with van der Waals surface area (Å²) in [5.41, 5.74) is 0.967.